The van der Waals surface area contributed by atoms with E-state index in [9.17, 15) is 9.59 Å². The summed E-state index contributed by atoms with van der Waals surface area (Å²) >= 11 is 0. The number of amides is 2. The molecule has 0 spiro atoms. The Bertz CT molecular complexity index is 715. The molecular weight excluding hydrogens is 312 g/mol. The molecule has 2 unspecified atom stereocenters. The molecule has 130 valence electrons. The lowest BCUT2D eigenvalue weighted by atomic mass is 9.97. The molecule has 0 radical (unpaired) electrons. The Balaban J connectivity index is 1.82. The van der Waals surface area contributed by atoms with Crippen LogP contribution in [0.25, 0.3) is 0 Å². The third-order valence-electron chi connectivity index (χ3n) is 4.62. The number of nitrogens with one attached hydrogen (secondary N) is 1. The molecule has 1 aliphatic heterocycles. The van der Waals surface area contributed by atoms with Gasteiger partial charge in [-0.2, -0.15) is 0 Å². The third kappa shape index (κ3) is 4.08. The van der Waals surface area contributed by atoms with Crippen LogP contribution < -0.4 is 5.32 Å². The van der Waals surface area contributed by atoms with Crippen LogP contribution in [-0.4, -0.2) is 28.8 Å². The highest BCUT2D eigenvalue weighted by molar-refractivity contribution is 5.97. The maximum Gasteiger partial charge on any atom is 0.246 e. The number of hydrogen-bond acceptors (Lipinski definition) is 2. The Labute approximate surface area is 148 Å². The predicted molar refractivity (Wildman–Crippen MR) is 97.8 cm³/mol. The molecule has 0 saturated carbocycles. The van der Waals surface area contributed by atoms with Gasteiger partial charge in [-0.1, -0.05) is 74.0 Å². The first-order valence-corrected chi connectivity index (χ1v) is 8.87. The molecule has 25 heavy (non-hydrogen) atoms. The summed E-state index contributed by atoms with van der Waals surface area (Å²) in [6.45, 7) is 2.51. The Kier molecular flexibility index (Phi) is 5.49. The highest BCUT2D eigenvalue weighted by Crippen LogP contribution is 2.20. The number of carbonyl (C=O) groups is 2. The van der Waals surface area contributed by atoms with Gasteiger partial charge < -0.3 is 10.2 Å². The zero-order valence-corrected chi connectivity index (χ0v) is 14.5. The van der Waals surface area contributed by atoms with Crippen LogP contribution in [0.2, 0.25) is 0 Å². The van der Waals surface area contributed by atoms with E-state index < -0.39 is 6.04 Å². The standard InChI is InChI=1S/C21H24N2O2/c1-2-9-19-20(24)22-18(14-16-10-5-3-6-11-16)21(25)23(19)15-17-12-7-4-8-13-17/h3-8,10-13,18-19H,2,9,14-15H2,1H3,(H,22,24). The quantitative estimate of drug-likeness (QED) is 0.882. The largest absolute Gasteiger partial charge is 0.342 e. The molecule has 2 aromatic carbocycles. The molecule has 4 heteroatoms. The highest BCUT2D eigenvalue weighted by Gasteiger charge is 2.39. The molecule has 2 atom stereocenters. The number of carbonyl (C=O) groups excluding carboxylic acids is 2. The van der Waals surface area contributed by atoms with Gasteiger partial charge in [0.2, 0.25) is 11.8 Å². The number of nitrogens with zero attached hydrogens (tertiary/aromatic N) is 1. The van der Waals surface area contributed by atoms with Crippen molar-refractivity contribution in [1.29, 1.82) is 0 Å². The molecule has 1 saturated heterocycles. The van der Waals surface area contributed by atoms with Crippen molar-refractivity contribution in [2.45, 2.75) is 44.8 Å². The van der Waals surface area contributed by atoms with Crippen LogP contribution in [0, 0.1) is 0 Å². The topological polar surface area (TPSA) is 49.4 Å². The Hall–Kier alpha value is -2.62. The predicted octanol–water partition coefficient (Wildman–Crippen LogP) is 2.93. The zero-order valence-electron chi connectivity index (χ0n) is 14.5. The van der Waals surface area contributed by atoms with Gasteiger partial charge in [0.05, 0.1) is 0 Å². The minimum Gasteiger partial charge on any atom is -0.342 e. The van der Waals surface area contributed by atoms with E-state index in [2.05, 4.69) is 5.32 Å². The monoisotopic (exact) mass is 336 g/mol. The van der Waals surface area contributed by atoms with Crippen molar-refractivity contribution < 1.29 is 9.59 Å². The van der Waals surface area contributed by atoms with E-state index in [4.69, 9.17) is 0 Å². The fourth-order valence-electron chi connectivity index (χ4n) is 3.34. The summed E-state index contributed by atoms with van der Waals surface area (Å²) in [5, 5.41) is 2.94. The van der Waals surface area contributed by atoms with Crippen LogP contribution in [0.4, 0.5) is 0 Å². The molecule has 1 fully saturated rings. The van der Waals surface area contributed by atoms with E-state index in [0.717, 1.165) is 17.5 Å². The van der Waals surface area contributed by atoms with Crippen molar-refractivity contribution in [3.8, 4) is 0 Å². The molecule has 1 aliphatic rings. The van der Waals surface area contributed by atoms with Gasteiger partial charge in [0.15, 0.2) is 0 Å². The molecule has 2 aromatic rings. The molecule has 0 aromatic heterocycles. The average Bonchev–Trinajstić information content (AvgIpc) is 2.64. The number of piperazine rings is 1. The van der Waals surface area contributed by atoms with Gasteiger partial charge in [-0.05, 0) is 17.5 Å². The Morgan fingerprint density at radius 1 is 0.920 bits per heavy atom. The van der Waals surface area contributed by atoms with Crippen molar-refractivity contribution in [3.05, 3.63) is 71.8 Å². The second kappa shape index (κ2) is 7.97. The molecule has 1 N–H and O–H groups in total. The second-order valence-electron chi connectivity index (χ2n) is 6.51. The van der Waals surface area contributed by atoms with Crippen LogP contribution in [0.1, 0.15) is 30.9 Å². The van der Waals surface area contributed by atoms with Crippen molar-refractivity contribution in [1.82, 2.24) is 10.2 Å². The molecule has 1 heterocycles. The van der Waals surface area contributed by atoms with Gasteiger partial charge in [0.1, 0.15) is 12.1 Å². The van der Waals surface area contributed by atoms with Crippen molar-refractivity contribution >= 4 is 11.8 Å². The molecule has 0 bridgehead atoms. The summed E-state index contributed by atoms with van der Waals surface area (Å²) in [6.07, 6.45) is 2.07. The number of benzene rings is 2. The Morgan fingerprint density at radius 2 is 1.52 bits per heavy atom. The highest BCUT2D eigenvalue weighted by atomic mass is 16.2. The van der Waals surface area contributed by atoms with Crippen molar-refractivity contribution in [2.24, 2.45) is 0 Å². The van der Waals surface area contributed by atoms with Crippen molar-refractivity contribution in [3.63, 3.8) is 0 Å². The summed E-state index contributed by atoms with van der Waals surface area (Å²) < 4.78 is 0. The SMILES string of the molecule is CCCC1C(=O)NC(Cc2ccccc2)C(=O)N1Cc1ccccc1. The second-order valence-corrected chi connectivity index (χ2v) is 6.51. The van der Waals surface area contributed by atoms with E-state index in [-0.39, 0.29) is 17.9 Å². The van der Waals surface area contributed by atoms with Gasteiger partial charge >= 0.3 is 0 Å². The summed E-state index contributed by atoms with van der Waals surface area (Å²) in [7, 11) is 0. The van der Waals surface area contributed by atoms with Crippen LogP contribution in [-0.2, 0) is 22.6 Å². The summed E-state index contributed by atoms with van der Waals surface area (Å²) in [5.41, 5.74) is 2.10. The van der Waals surface area contributed by atoms with Gasteiger partial charge in [-0.25, -0.2) is 0 Å². The first-order valence-electron chi connectivity index (χ1n) is 8.87. The van der Waals surface area contributed by atoms with E-state index >= 15 is 0 Å². The lowest BCUT2D eigenvalue weighted by Crippen LogP contribution is -2.63. The van der Waals surface area contributed by atoms with Crippen LogP contribution in [0.3, 0.4) is 0 Å². The van der Waals surface area contributed by atoms with Crippen molar-refractivity contribution in [2.75, 3.05) is 0 Å². The molecular formula is C21H24N2O2. The van der Waals surface area contributed by atoms with E-state index in [1.165, 1.54) is 0 Å². The van der Waals surface area contributed by atoms with Gasteiger partial charge in [-0.15, -0.1) is 0 Å². The molecule has 0 aliphatic carbocycles. The van der Waals surface area contributed by atoms with E-state index in [0.29, 0.717) is 19.4 Å². The minimum atomic E-state index is -0.494. The summed E-state index contributed by atoms with van der Waals surface area (Å²) in [4.78, 5) is 27.5. The van der Waals surface area contributed by atoms with Crippen LogP contribution in [0.5, 0.6) is 0 Å². The number of rotatable bonds is 6. The van der Waals surface area contributed by atoms with Gasteiger partial charge in [0.25, 0.3) is 0 Å². The maximum atomic E-state index is 13.1. The zero-order chi connectivity index (χ0) is 17.6. The minimum absolute atomic E-state index is 0.00533. The smallest absolute Gasteiger partial charge is 0.246 e. The average molecular weight is 336 g/mol. The van der Waals surface area contributed by atoms with Gasteiger partial charge in [0, 0.05) is 13.0 Å². The lowest BCUT2D eigenvalue weighted by molar-refractivity contribution is -0.150. The first-order chi connectivity index (χ1) is 12.2. The Morgan fingerprint density at radius 3 is 2.12 bits per heavy atom. The molecule has 3 rings (SSSR count). The van der Waals surface area contributed by atoms with E-state index in [1.54, 1.807) is 4.90 Å². The molecule has 2 amide bonds. The summed E-state index contributed by atoms with van der Waals surface area (Å²) in [6, 6.07) is 18.8. The lowest BCUT2D eigenvalue weighted by Gasteiger charge is -2.39. The summed E-state index contributed by atoms with van der Waals surface area (Å²) in [5.74, 6) is -0.0379. The first kappa shape index (κ1) is 17.2. The fraction of sp³-hybridized carbons (Fsp3) is 0.333. The molecule has 4 nitrogen and oxygen atoms in total. The van der Waals surface area contributed by atoms with Gasteiger partial charge in [-0.3, -0.25) is 9.59 Å². The normalized spacial score (nSPS) is 20.4. The third-order valence-corrected chi connectivity index (χ3v) is 4.62. The van der Waals surface area contributed by atoms with E-state index in [1.807, 2.05) is 67.6 Å². The fourth-order valence-corrected chi connectivity index (χ4v) is 3.34. The van der Waals surface area contributed by atoms with Crippen LogP contribution in [0.15, 0.2) is 60.7 Å². The maximum absolute atomic E-state index is 13.1. The number of hydrogen-bond donors (Lipinski definition) is 1. The van der Waals surface area contributed by atoms with Crippen LogP contribution >= 0.6 is 0 Å².